The van der Waals surface area contributed by atoms with Crippen molar-refractivity contribution in [3.8, 4) is 5.75 Å². The zero-order valence-corrected chi connectivity index (χ0v) is 12.9. The lowest BCUT2D eigenvalue weighted by Crippen LogP contribution is -2.07. The van der Waals surface area contributed by atoms with Crippen LogP contribution in [0.2, 0.25) is 5.02 Å². The van der Waals surface area contributed by atoms with Gasteiger partial charge in [0.2, 0.25) is 0 Å². The Bertz CT molecular complexity index is 713. The van der Waals surface area contributed by atoms with Gasteiger partial charge in [0.05, 0.1) is 6.61 Å². The molecule has 0 spiro atoms. The van der Waals surface area contributed by atoms with Gasteiger partial charge in [-0.2, -0.15) is 5.10 Å². The molecule has 108 valence electrons. The van der Waals surface area contributed by atoms with Crippen LogP contribution in [0, 0.1) is 0 Å². The summed E-state index contributed by atoms with van der Waals surface area (Å²) in [6.07, 6.45) is 2.28. The smallest absolute Gasteiger partial charge is 0.265 e. The second kappa shape index (κ2) is 6.03. The first kappa shape index (κ1) is 15.2. The van der Waals surface area contributed by atoms with E-state index >= 15 is 0 Å². The van der Waals surface area contributed by atoms with Gasteiger partial charge in [-0.05, 0) is 24.3 Å². The summed E-state index contributed by atoms with van der Waals surface area (Å²) in [4.78, 5) is -0.128. The lowest BCUT2D eigenvalue weighted by molar-refractivity contribution is 0.310. The third-order valence-corrected chi connectivity index (χ3v) is 4.28. The van der Waals surface area contributed by atoms with E-state index in [9.17, 15) is 8.42 Å². The van der Waals surface area contributed by atoms with E-state index in [1.165, 1.54) is 12.1 Å². The summed E-state index contributed by atoms with van der Waals surface area (Å²) in [5.41, 5.74) is 0.981. The van der Waals surface area contributed by atoms with Crippen molar-refractivity contribution in [1.29, 1.82) is 0 Å². The zero-order valence-electron chi connectivity index (χ0n) is 10.6. The summed E-state index contributed by atoms with van der Waals surface area (Å²) < 4.78 is 30.1. The highest BCUT2D eigenvalue weighted by Gasteiger charge is 2.17. The number of hydrogen-bond acceptors (Lipinski definition) is 4. The first-order valence-electron chi connectivity index (χ1n) is 5.72. The van der Waals surface area contributed by atoms with E-state index in [0.717, 1.165) is 5.69 Å². The van der Waals surface area contributed by atoms with Crippen molar-refractivity contribution in [1.82, 2.24) is 9.78 Å². The Labute approximate surface area is 126 Å². The molecule has 0 aliphatic rings. The first-order chi connectivity index (χ1) is 9.38. The number of rotatable bonds is 5. The normalized spacial score (nSPS) is 11.6. The van der Waals surface area contributed by atoms with Crippen LogP contribution < -0.4 is 4.74 Å². The average Bonchev–Trinajstić information content (AvgIpc) is 2.76. The van der Waals surface area contributed by atoms with Crippen LogP contribution >= 0.6 is 22.3 Å². The van der Waals surface area contributed by atoms with Gasteiger partial charge in [0.15, 0.2) is 0 Å². The van der Waals surface area contributed by atoms with Crippen molar-refractivity contribution in [2.75, 3.05) is 6.61 Å². The lowest BCUT2D eigenvalue weighted by atomic mass is 10.3. The Morgan fingerprint density at radius 2 is 2.10 bits per heavy atom. The molecule has 0 fully saturated rings. The maximum Gasteiger partial charge on any atom is 0.265 e. The Morgan fingerprint density at radius 3 is 2.70 bits per heavy atom. The van der Waals surface area contributed by atoms with Gasteiger partial charge in [0.25, 0.3) is 9.05 Å². The monoisotopic (exact) mass is 334 g/mol. The van der Waals surface area contributed by atoms with Gasteiger partial charge in [-0.15, -0.1) is 0 Å². The summed E-state index contributed by atoms with van der Waals surface area (Å²) in [6.45, 7) is 0.306. The molecule has 5 nitrogen and oxygen atoms in total. The van der Waals surface area contributed by atoms with Gasteiger partial charge in [0.1, 0.15) is 10.6 Å². The molecule has 0 atom stereocenters. The van der Waals surface area contributed by atoms with Crippen molar-refractivity contribution in [2.24, 2.45) is 7.05 Å². The second-order valence-electron chi connectivity index (χ2n) is 4.07. The molecule has 1 aromatic carbocycles. The molecule has 0 aliphatic heterocycles. The molecule has 8 heteroatoms. The van der Waals surface area contributed by atoms with Crippen LogP contribution in [0.1, 0.15) is 5.69 Å². The molecule has 2 aromatic rings. The van der Waals surface area contributed by atoms with Crippen LogP contribution in [0.4, 0.5) is 0 Å². The number of ether oxygens (including phenoxy) is 1. The number of hydrogen-bond donors (Lipinski definition) is 0. The molecule has 0 bridgehead atoms. The Hall–Kier alpha value is -1.24. The van der Waals surface area contributed by atoms with E-state index in [-0.39, 0.29) is 15.7 Å². The minimum atomic E-state index is -3.90. The van der Waals surface area contributed by atoms with E-state index in [0.29, 0.717) is 13.0 Å². The van der Waals surface area contributed by atoms with Crippen molar-refractivity contribution in [3.63, 3.8) is 0 Å². The minimum Gasteiger partial charge on any atom is -0.492 e. The highest BCUT2D eigenvalue weighted by Crippen LogP contribution is 2.29. The second-order valence-corrected chi connectivity index (χ2v) is 7.04. The molecule has 1 aromatic heterocycles. The first-order valence-corrected chi connectivity index (χ1v) is 8.40. The maximum atomic E-state index is 11.5. The molecule has 1 heterocycles. The van der Waals surface area contributed by atoms with Crippen molar-refractivity contribution >= 4 is 31.3 Å². The van der Waals surface area contributed by atoms with Crippen LogP contribution in [-0.4, -0.2) is 24.8 Å². The summed E-state index contributed by atoms with van der Waals surface area (Å²) in [7, 11) is 3.28. The van der Waals surface area contributed by atoms with E-state index in [2.05, 4.69) is 5.10 Å². The fraction of sp³-hybridized carbons (Fsp3) is 0.250. The van der Waals surface area contributed by atoms with Gasteiger partial charge in [0, 0.05) is 41.1 Å². The standard InChI is InChI=1S/C12H12Cl2N2O3S/c1-16-10(4-6-15-16)5-7-19-11-3-2-9(13)8-12(11)20(14,17)18/h2-4,6,8H,5,7H2,1H3. The fourth-order valence-electron chi connectivity index (χ4n) is 1.70. The van der Waals surface area contributed by atoms with Crippen LogP contribution in [0.15, 0.2) is 35.4 Å². The predicted octanol–water partition coefficient (Wildman–Crippen LogP) is 2.62. The van der Waals surface area contributed by atoms with Gasteiger partial charge in [-0.3, -0.25) is 4.68 Å². The number of halogens is 2. The summed E-state index contributed by atoms with van der Waals surface area (Å²) in [6, 6.07) is 6.17. The molecule has 0 amide bonds. The van der Waals surface area contributed by atoms with Crippen molar-refractivity contribution in [3.05, 3.63) is 41.2 Å². The quantitative estimate of drug-likeness (QED) is 0.788. The van der Waals surface area contributed by atoms with E-state index < -0.39 is 9.05 Å². The van der Waals surface area contributed by atoms with Crippen molar-refractivity contribution in [2.45, 2.75) is 11.3 Å². The lowest BCUT2D eigenvalue weighted by Gasteiger charge is -2.10. The van der Waals surface area contributed by atoms with Gasteiger partial charge >= 0.3 is 0 Å². The largest absolute Gasteiger partial charge is 0.492 e. The average molecular weight is 335 g/mol. The molecule has 0 radical (unpaired) electrons. The summed E-state index contributed by atoms with van der Waals surface area (Å²) in [5, 5.41) is 4.32. The zero-order chi connectivity index (χ0) is 14.8. The molecule has 0 aliphatic carbocycles. The molecule has 0 saturated heterocycles. The highest BCUT2D eigenvalue weighted by atomic mass is 35.7. The van der Waals surface area contributed by atoms with Gasteiger partial charge in [-0.1, -0.05) is 11.6 Å². The molecular weight excluding hydrogens is 323 g/mol. The van der Waals surface area contributed by atoms with E-state index in [1.807, 2.05) is 13.1 Å². The molecule has 0 unspecified atom stereocenters. The number of benzene rings is 1. The highest BCUT2D eigenvalue weighted by molar-refractivity contribution is 8.13. The van der Waals surface area contributed by atoms with Crippen LogP contribution in [0.25, 0.3) is 0 Å². The molecule has 0 N–H and O–H groups in total. The molecule has 20 heavy (non-hydrogen) atoms. The third kappa shape index (κ3) is 3.65. The topological polar surface area (TPSA) is 61.2 Å². The number of aryl methyl sites for hydroxylation is 1. The Kier molecular flexibility index (Phi) is 4.57. The fourth-order valence-corrected chi connectivity index (χ4v) is 2.94. The van der Waals surface area contributed by atoms with E-state index in [1.54, 1.807) is 16.9 Å². The number of aromatic nitrogens is 2. The van der Waals surface area contributed by atoms with E-state index in [4.69, 9.17) is 27.0 Å². The van der Waals surface area contributed by atoms with Gasteiger partial charge in [-0.25, -0.2) is 8.42 Å². The minimum absolute atomic E-state index is 0.128. The SMILES string of the molecule is Cn1nccc1CCOc1ccc(Cl)cc1S(=O)(=O)Cl. The van der Waals surface area contributed by atoms with Crippen LogP contribution in [-0.2, 0) is 22.5 Å². The number of nitrogens with zero attached hydrogens (tertiary/aromatic N) is 2. The molecular formula is C12H12Cl2N2O3S. The Balaban J connectivity index is 2.12. The summed E-state index contributed by atoms with van der Waals surface area (Å²) >= 11 is 5.77. The third-order valence-electron chi connectivity index (χ3n) is 2.71. The summed E-state index contributed by atoms with van der Waals surface area (Å²) in [5.74, 6) is 0.187. The van der Waals surface area contributed by atoms with Crippen LogP contribution in [0.3, 0.4) is 0 Å². The molecule has 2 rings (SSSR count). The van der Waals surface area contributed by atoms with Crippen molar-refractivity contribution < 1.29 is 13.2 Å². The van der Waals surface area contributed by atoms with Gasteiger partial charge < -0.3 is 4.74 Å². The van der Waals surface area contributed by atoms with Crippen LogP contribution in [0.5, 0.6) is 5.75 Å². The Morgan fingerprint density at radius 1 is 1.35 bits per heavy atom. The molecule has 0 saturated carbocycles. The maximum absolute atomic E-state index is 11.5. The predicted molar refractivity (Wildman–Crippen MR) is 76.9 cm³/mol.